The molecule has 36 heteroatoms. The molecule has 0 aliphatic carbocycles. The molecule has 2 atom stereocenters. The van der Waals surface area contributed by atoms with Gasteiger partial charge in [0.25, 0.3) is 12.9 Å². The highest BCUT2D eigenvalue weighted by molar-refractivity contribution is 9.12. The Balaban J connectivity index is 0.000000721. The second-order valence-corrected chi connectivity index (χ2v) is 33.9. The van der Waals surface area contributed by atoms with E-state index in [4.69, 9.17) is 83.2 Å². The maximum absolute atomic E-state index is 12.0. The molecule has 8 aromatic rings. The number of phenolic OH excluding ortho intramolecular Hbond substituents is 2. The van der Waals surface area contributed by atoms with Crippen LogP contribution in [0.5, 0.6) is 46.0 Å². The number of unbranched alkanes of at least 4 members (excludes halogenated alkanes) is 1. The zero-order valence-electron chi connectivity index (χ0n) is 72.2. The Bertz CT molecular complexity index is 5080. The van der Waals surface area contributed by atoms with Crippen LogP contribution in [-0.2, 0) is 52.3 Å². The number of aromatic hydroxyl groups is 3. The Kier molecular flexibility index (Phi) is 40.7. The maximum atomic E-state index is 12.0. The molecule has 0 saturated heterocycles. The molecule has 0 radical (unpaired) electrons. The maximum Gasteiger partial charge on any atom is 0.514 e. The van der Waals surface area contributed by atoms with Crippen molar-refractivity contribution >= 4 is 200 Å². The van der Waals surface area contributed by atoms with Gasteiger partial charge in [0, 0.05) is 84.1 Å². The van der Waals surface area contributed by atoms with Crippen LogP contribution >= 0.6 is 127 Å². The van der Waals surface area contributed by atoms with Gasteiger partial charge in [0.1, 0.15) is 79.2 Å². The first-order valence-electron chi connectivity index (χ1n) is 37.7. The van der Waals surface area contributed by atoms with Crippen molar-refractivity contribution in [2.75, 3.05) is 6.61 Å². The molecule has 122 heavy (non-hydrogen) atoms. The second kappa shape index (κ2) is 49.3. The topological polar surface area (TPSA) is 392 Å². The van der Waals surface area contributed by atoms with E-state index in [0.29, 0.717) is 90.6 Å². The number of para-hydroxylation sites is 8. The van der Waals surface area contributed by atoms with Crippen LogP contribution in [0.25, 0.3) is 12.2 Å². The number of hydrogen-bond acceptors (Lipinski definition) is 26. The third-order valence-corrected chi connectivity index (χ3v) is 20.6. The van der Waals surface area contributed by atoms with Crippen molar-refractivity contribution in [2.24, 2.45) is 0 Å². The SMILES string of the molecule is C=CC(=O)O.CC(C)(C)OC(=O)Oc1ccccc1Br.CC1(C)OC(=O)c2cccc(/C=C/OC=O)c2O1.CC1(C)OC(=O)c2cccc(/C=C\Br)c2O1.CC1(C)OC(=O)c2cccc(Br)c2O1.CC1(C)OC(=O)c2cccc(C(Br)C(Br)OC=O)c2O1.CCCCOC(=O)c1cccc(Br)c1O.O=C(O)c1cccc(Br)c1O.Oc1ccccc1Br.[2H-].[2H][2H].[2H][2H]. The number of phenols is 3. The molecule has 658 valence electrons. The minimum Gasteiger partial charge on any atom is -1.00 e. The third kappa shape index (κ3) is 34.3. The summed E-state index contributed by atoms with van der Waals surface area (Å²) < 4.78 is 90.4. The van der Waals surface area contributed by atoms with Gasteiger partial charge >= 0.3 is 47.9 Å². The highest BCUT2D eigenvalue weighted by Crippen LogP contribution is 2.44. The standard InChI is InChI=1S/C13H12Br2O5.C13H12O5.C12H11BrO3.2C11H13BrO3.C10H9BrO3.C7H5BrO3.C6H5BrO.C3H4O2.2H2.H/c1-13(2)19-10-7(9(14)11(15)18-6-16)4-3-5-8(10)12(17)20-13;1-13(2)17-11-9(6-7-16-8-14)4-3-5-10(11)12(15)18-13;1-12(2)15-10-8(6-7-13)4-3-5-9(10)11(14)16-12;1-11(2,3)15-10(13)14-9-7-5-4-6-8(9)12;1-2-3-7-15-11(14)8-5-4-6-9(12)10(8)13;1-10(2)13-8-6(9(12)14-10)4-3-5-7(8)11;8-5-3-1-2-4(6(5)9)7(10)11;7-5-3-1-2-4-6(5)8;1-2-3(4)5;;;/h3-6,9,11H,1-2H3;3-8H,1-2H3;3-7H,1-2H3;4-7H,1-3H3;4-6,13H,2-3,7H2,1H3;3-5H,1-2H3;1-3,9H,(H,10,11);1-4,8H;2H,1H2,(H,4,5);2*1H;/q;;;;;;;;;;;-1/b;7-6+;7-6-;;;;;;;;;/i;;;;;;;;;2*1+1D;1+1. The smallest absolute Gasteiger partial charge is 0.514 e. The number of aromatic carboxylic acids is 1. The minimum atomic E-state index is -1.14. The first-order chi connectivity index (χ1) is 59.2. The summed E-state index contributed by atoms with van der Waals surface area (Å²) in [6.45, 7) is 24.8. The number of halogens is 8. The monoisotopic (exact) mass is 2210 g/mol. The Morgan fingerprint density at radius 2 is 0.926 bits per heavy atom. The highest BCUT2D eigenvalue weighted by atomic mass is 79.9. The number of alkyl halides is 2. The van der Waals surface area contributed by atoms with Gasteiger partial charge in [-0.15, -0.1) is 0 Å². The first kappa shape index (κ1) is 101. The Labute approximate surface area is 777 Å². The fourth-order valence-corrected chi connectivity index (χ4v) is 12.5. The number of cyclic esters (lactones) is 4. The number of carbonyl (C=O) groups excluding carboxylic acids is 8. The molecule has 4 heterocycles. The van der Waals surface area contributed by atoms with Gasteiger partial charge in [0.15, 0.2) is 10.8 Å². The van der Waals surface area contributed by atoms with Gasteiger partial charge in [-0.05, 0) is 219 Å². The van der Waals surface area contributed by atoms with E-state index in [-0.39, 0.29) is 46.6 Å². The first-order valence-corrected chi connectivity index (χ1v) is 42.4. The number of fused-ring (bicyclic) bond motifs is 4. The van der Waals surface area contributed by atoms with E-state index >= 15 is 0 Å². The molecular formula is C86H89Br8O28-. The molecule has 0 saturated carbocycles. The van der Waals surface area contributed by atoms with E-state index in [1.165, 1.54) is 18.4 Å². The van der Waals surface area contributed by atoms with Gasteiger partial charge in [0.2, 0.25) is 23.1 Å². The number of benzene rings is 8. The van der Waals surface area contributed by atoms with Gasteiger partial charge in [0.05, 0.1) is 40.1 Å². The van der Waals surface area contributed by atoms with E-state index in [2.05, 4.69) is 139 Å². The van der Waals surface area contributed by atoms with Crippen LogP contribution in [0, 0.1) is 0 Å². The molecule has 0 fully saturated rings. The van der Waals surface area contributed by atoms with Crippen molar-refractivity contribution in [1.82, 2.24) is 0 Å². The van der Waals surface area contributed by atoms with Crippen LogP contribution in [-0.4, -0.2) is 127 Å². The van der Waals surface area contributed by atoms with Crippen LogP contribution in [0.3, 0.4) is 0 Å². The van der Waals surface area contributed by atoms with Crippen LogP contribution in [0.1, 0.15) is 187 Å². The normalized spacial score (nSPS) is 14.4. The van der Waals surface area contributed by atoms with E-state index in [0.717, 1.165) is 37.9 Å². The molecule has 4 aliphatic heterocycles. The molecule has 0 bridgehead atoms. The number of ether oxygens (including phenoxy) is 13. The van der Waals surface area contributed by atoms with Gasteiger partial charge in [-0.25, -0.2) is 38.4 Å². The molecule has 4 aliphatic rings. The molecule has 0 spiro atoms. The fraction of sp³-hybridized carbons (Fsp3) is 0.256. The van der Waals surface area contributed by atoms with Crippen LogP contribution in [0.2, 0.25) is 0 Å². The summed E-state index contributed by atoms with van der Waals surface area (Å²) in [4.78, 5) is 111. The van der Waals surface area contributed by atoms with Gasteiger partial charge in [-0.3, -0.25) is 9.59 Å². The number of rotatable bonds is 15. The lowest BCUT2D eigenvalue weighted by molar-refractivity contribution is -0.132. The average Bonchev–Trinajstić information content (AvgIpc) is 0.812. The van der Waals surface area contributed by atoms with E-state index < -0.39 is 69.8 Å². The summed E-state index contributed by atoms with van der Waals surface area (Å²) in [6, 6.07) is 44.3. The van der Waals surface area contributed by atoms with E-state index in [1.807, 2.05) is 37.3 Å². The molecule has 8 aromatic carbocycles. The fourth-order valence-electron chi connectivity index (χ4n) is 9.49. The van der Waals surface area contributed by atoms with Crippen molar-refractivity contribution in [2.45, 2.75) is 135 Å². The zero-order chi connectivity index (χ0) is 95.6. The van der Waals surface area contributed by atoms with E-state index in [1.54, 1.807) is 209 Å². The Morgan fingerprint density at radius 1 is 0.525 bits per heavy atom. The molecule has 12 rings (SSSR count). The molecule has 28 nitrogen and oxygen atoms in total. The summed E-state index contributed by atoms with van der Waals surface area (Å²) in [5.74, 6) is -5.66. The molecule has 5 N–H and O–H groups in total. The largest absolute Gasteiger partial charge is 1.00 e. The van der Waals surface area contributed by atoms with E-state index in [9.17, 15) is 53.1 Å². The third-order valence-electron chi connectivity index (χ3n) is 14.7. The van der Waals surface area contributed by atoms with Crippen molar-refractivity contribution < 1.29 is 142 Å². The highest BCUT2D eigenvalue weighted by Gasteiger charge is 2.40. The summed E-state index contributed by atoms with van der Waals surface area (Å²) in [5, 5.41) is 43.1. The number of carboxylic acid groups (broad SMARTS) is 2. The van der Waals surface area contributed by atoms with Crippen molar-refractivity contribution in [3.8, 4) is 46.0 Å². The summed E-state index contributed by atoms with van der Waals surface area (Å²) >= 11 is 25.8. The molecule has 0 amide bonds. The number of esters is 5. The van der Waals surface area contributed by atoms with Crippen LogP contribution in [0.15, 0.2) is 204 Å². The number of hydrogen-bond donors (Lipinski definition) is 5. The molecule has 2 unspecified atom stereocenters. The number of carboxylic acids is 2. The van der Waals surface area contributed by atoms with Crippen molar-refractivity contribution in [3.63, 3.8) is 0 Å². The Morgan fingerprint density at radius 3 is 1.35 bits per heavy atom. The van der Waals surface area contributed by atoms with Crippen LogP contribution in [0.4, 0.5) is 4.79 Å². The quantitative estimate of drug-likeness (QED) is 0.00930. The lowest BCUT2D eigenvalue weighted by atomic mass is 10.0. The minimum absolute atomic E-state index is 0. The molecule has 0 aromatic heterocycles. The van der Waals surface area contributed by atoms with Crippen molar-refractivity contribution in [3.05, 3.63) is 254 Å². The predicted molar refractivity (Wildman–Crippen MR) is 483 cm³/mol. The zero-order valence-corrected chi connectivity index (χ0v) is 79.9. The molecular weight excluding hydrogens is 2120 g/mol. The number of carbonyl (C=O) groups is 10. The Hall–Kier alpha value is -10.1. The second-order valence-electron chi connectivity index (χ2n) is 27.2. The van der Waals surface area contributed by atoms with Crippen molar-refractivity contribution in [1.29, 1.82) is 0 Å². The van der Waals surface area contributed by atoms with Gasteiger partial charge in [-0.1, -0.05) is 131 Å². The van der Waals surface area contributed by atoms with Gasteiger partial charge < -0.3 is 88.5 Å². The average molecular weight is 2210 g/mol. The van der Waals surface area contributed by atoms with Gasteiger partial charge in [-0.2, -0.15) is 0 Å². The summed E-state index contributed by atoms with van der Waals surface area (Å²) in [6.07, 6.45) is 6.53. The lowest BCUT2D eigenvalue weighted by Gasteiger charge is -2.33. The van der Waals surface area contributed by atoms with Crippen LogP contribution < -0.4 is 23.7 Å². The summed E-state index contributed by atoms with van der Waals surface area (Å²) in [7, 11) is 0. The lowest BCUT2D eigenvalue weighted by Crippen LogP contribution is -2.39. The number of aliphatic carboxylic acids is 1. The predicted octanol–water partition coefficient (Wildman–Crippen LogP) is 23.2. The summed E-state index contributed by atoms with van der Waals surface area (Å²) in [5.41, 5.74) is 3.34.